The Morgan fingerprint density at radius 1 is 1.43 bits per heavy atom. The average molecular weight is 317 g/mol. The van der Waals surface area contributed by atoms with E-state index in [1.807, 2.05) is 0 Å². The predicted molar refractivity (Wildman–Crippen MR) is 77.0 cm³/mol. The van der Waals surface area contributed by atoms with Crippen LogP contribution in [0, 0.1) is 5.82 Å². The van der Waals surface area contributed by atoms with Crippen LogP contribution in [0.25, 0.3) is 0 Å². The number of nitrogens with zero attached hydrogens (tertiary/aromatic N) is 1. The summed E-state index contributed by atoms with van der Waals surface area (Å²) in [6.45, 7) is 5.56. The lowest BCUT2D eigenvalue weighted by atomic mass is 10.1. The van der Waals surface area contributed by atoms with Gasteiger partial charge in [-0.1, -0.05) is 11.6 Å². The van der Waals surface area contributed by atoms with Gasteiger partial charge in [-0.3, -0.25) is 4.79 Å². The monoisotopic (exact) mass is 316 g/mol. The predicted octanol–water partition coefficient (Wildman–Crippen LogP) is 3.36. The number of rotatable bonds is 5. The fourth-order valence-electron chi connectivity index (χ4n) is 1.51. The molecule has 116 valence electrons. The Bertz CT molecular complexity index is 529. The van der Waals surface area contributed by atoms with E-state index in [1.54, 1.807) is 20.8 Å². The smallest absolute Gasteiger partial charge is 0.407 e. The molecule has 0 aliphatic carbocycles. The van der Waals surface area contributed by atoms with Crippen LogP contribution >= 0.6 is 11.6 Å². The highest BCUT2D eigenvalue weighted by molar-refractivity contribution is 6.32. The molecule has 21 heavy (non-hydrogen) atoms. The van der Waals surface area contributed by atoms with Crippen molar-refractivity contribution in [1.82, 2.24) is 10.3 Å². The van der Waals surface area contributed by atoms with Gasteiger partial charge in [-0.05, 0) is 33.3 Å². The highest BCUT2D eigenvalue weighted by Gasteiger charge is 2.16. The van der Waals surface area contributed by atoms with Gasteiger partial charge in [0, 0.05) is 13.0 Å². The fraction of sp³-hybridized carbons (Fsp3) is 0.500. The number of hydrogen-bond donors (Lipinski definition) is 1. The maximum atomic E-state index is 13.0. The van der Waals surface area contributed by atoms with Gasteiger partial charge < -0.3 is 10.1 Å². The molecule has 0 fully saturated rings. The lowest BCUT2D eigenvalue weighted by Gasteiger charge is -2.19. The van der Waals surface area contributed by atoms with Gasteiger partial charge in [0.15, 0.2) is 5.78 Å². The highest BCUT2D eigenvalue weighted by atomic mass is 35.5. The third kappa shape index (κ3) is 6.53. The Kier molecular flexibility index (Phi) is 6.08. The third-order valence-electron chi connectivity index (χ3n) is 2.35. The summed E-state index contributed by atoms with van der Waals surface area (Å²) in [7, 11) is 0. The van der Waals surface area contributed by atoms with Crippen LogP contribution in [-0.2, 0) is 4.74 Å². The number of Topliss-reactive ketones (excluding diaryl/α,β-unsaturated/α-hetero) is 1. The zero-order chi connectivity index (χ0) is 16.0. The highest BCUT2D eigenvalue weighted by Crippen LogP contribution is 2.16. The molecule has 0 saturated heterocycles. The van der Waals surface area contributed by atoms with Crippen molar-refractivity contribution >= 4 is 23.5 Å². The van der Waals surface area contributed by atoms with E-state index >= 15 is 0 Å². The first kappa shape index (κ1) is 17.4. The number of nitrogens with one attached hydrogen (secondary N) is 1. The molecule has 1 aromatic heterocycles. The molecule has 7 heteroatoms. The number of hydrogen-bond acceptors (Lipinski definition) is 4. The molecular formula is C14H18ClFN2O3. The molecule has 1 aromatic rings. The molecule has 0 spiro atoms. The molecule has 0 bridgehead atoms. The van der Waals surface area contributed by atoms with Crippen LogP contribution in [0.2, 0.25) is 5.15 Å². The minimum atomic E-state index is -0.616. The van der Waals surface area contributed by atoms with Crippen molar-refractivity contribution in [1.29, 1.82) is 0 Å². The number of ketones is 1. The molecule has 5 nitrogen and oxygen atoms in total. The van der Waals surface area contributed by atoms with Gasteiger partial charge in [0.05, 0.1) is 11.8 Å². The van der Waals surface area contributed by atoms with E-state index in [-0.39, 0.29) is 29.5 Å². The number of carbonyl (C=O) groups is 2. The molecule has 0 aliphatic heterocycles. The summed E-state index contributed by atoms with van der Waals surface area (Å²) in [5.41, 5.74) is -0.519. The van der Waals surface area contributed by atoms with Crippen LogP contribution in [0.4, 0.5) is 9.18 Å². The molecule has 0 radical (unpaired) electrons. The lowest BCUT2D eigenvalue weighted by Crippen LogP contribution is -2.33. The second-order valence-corrected chi connectivity index (χ2v) is 5.81. The van der Waals surface area contributed by atoms with Crippen molar-refractivity contribution in [2.24, 2.45) is 0 Å². The second-order valence-electron chi connectivity index (χ2n) is 5.45. The zero-order valence-electron chi connectivity index (χ0n) is 12.2. The summed E-state index contributed by atoms with van der Waals surface area (Å²) in [5.74, 6) is -0.937. The minimum absolute atomic E-state index is 0.0264. The Labute approximate surface area is 127 Å². The number of carbonyl (C=O) groups excluding carboxylic acids is 2. The maximum Gasteiger partial charge on any atom is 0.407 e. The molecular weight excluding hydrogens is 299 g/mol. The molecule has 1 heterocycles. The Hall–Kier alpha value is -1.69. The summed E-state index contributed by atoms with van der Waals surface area (Å²) in [6, 6.07) is 1.05. The standard InChI is InChI=1S/C14H18ClFN2O3/c1-14(2,3)21-13(20)17-6-4-5-11(19)10-7-9(16)8-18-12(10)15/h7-8H,4-6H2,1-3H3,(H,17,20). The Balaban J connectivity index is 2.38. The molecule has 0 atom stereocenters. The summed E-state index contributed by atoms with van der Waals surface area (Å²) in [6.07, 6.45) is 0.926. The number of alkyl carbamates (subject to hydrolysis) is 1. The molecule has 0 aromatic carbocycles. The number of aromatic nitrogens is 1. The first-order chi connectivity index (χ1) is 9.69. The molecule has 1 N–H and O–H groups in total. The molecule has 1 amide bonds. The van der Waals surface area contributed by atoms with E-state index in [0.717, 1.165) is 12.3 Å². The summed E-state index contributed by atoms with van der Waals surface area (Å²) >= 11 is 5.74. The first-order valence-electron chi connectivity index (χ1n) is 6.50. The van der Waals surface area contributed by atoms with Gasteiger partial charge in [-0.2, -0.15) is 0 Å². The van der Waals surface area contributed by atoms with Crippen LogP contribution < -0.4 is 5.32 Å². The second kappa shape index (κ2) is 7.36. The normalized spacial score (nSPS) is 11.1. The fourth-order valence-corrected chi connectivity index (χ4v) is 1.72. The van der Waals surface area contributed by atoms with Crippen LogP contribution in [-0.4, -0.2) is 29.0 Å². The van der Waals surface area contributed by atoms with E-state index in [4.69, 9.17) is 16.3 Å². The van der Waals surface area contributed by atoms with E-state index in [1.165, 1.54) is 0 Å². The van der Waals surface area contributed by atoms with Crippen molar-refractivity contribution < 1.29 is 18.7 Å². The Morgan fingerprint density at radius 3 is 2.71 bits per heavy atom. The van der Waals surface area contributed by atoms with Crippen molar-refractivity contribution in [3.8, 4) is 0 Å². The van der Waals surface area contributed by atoms with Crippen molar-refractivity contribution in [3.63, 3.8) is 0 Å². The maximum absolute atomic E-state index is 13.0. The van der Waals surface area contributed by atoms with E-state index in [9.17, 15) is 14.0 Å². The van der Waals surface area contributed by atoms with Gasteiger partial charge in [-0.25, -0.2) is 14.2 Å². The molecule has 0 aliphatic rings. The molecule has 1 rings (SSSR count). The van der Waals surface area contributed by atoms with Crippen molar-refractivity contribution in [2.45, 2.75) is 39.2 Å². The number of halogens is 2. The minimum Gasteiger partial charge on any atom is -0.444 e. The van der Waals surface area contributed by atoms with Gasteiger partial charge in [-0.15, -0.1) is 0 Å². The van der Waals surface area contributed by atoms with Crippen LogP contribution in [0.15, 0.2) is 12.3 Å². The van der Waals surface area contributed by atoms with Crippen molar-refractivity contribution in [3.05, 3.63) is 28.8 Å². The lowest BCUT2D eigenvalue weighted by molar-refractivity contribution is 0.0525. The van der Waals surface area contributed by atoms with Crippen LogP contribution in [0.5, 0.6) is 0 Å². The van der Waals surface area contributed by atoms with E-state index in [0.29, 0.717) is 6.42 Å². The summed E-state index contributed by atoms with van der Waals surface area (Å²) in [5, 5.41) is 2.51. The third-order valence-corrected chi connectivity index (χ3v) is 2.66. The molecule has 0 saturated carbocycles. The molecule has 0 unspecified atom stereocenters. The van der Waals surface area contributed by atoms with Gasteiger partial charge in [0.1, 0.15) is 16.6 Å². The van der Waals surface area contributed by atoms with Gasteiger partial charge >= 0.3 is 6.09 Å². The van der Waals surface area contributed by atoms with Crippen molar-refractivity contribution in [2.75, 3.05) is 6.54 Å². The quantitative estimate of drug-likeness (QED) is 0.514. The van der Waals surface area contributed by atoms with E-state index < -0.39 is 17.5 Å². The van der Waals surface area contributed by atoms with Gasteiger partial charge in [0.25, 0.3) is 0 Å². The van der Waals surface area contributed by atoms with Crippen LogP contribution in [0.1, 0.15) is 44.0 Å². The van der Waals surface area contributed by atoms with E-state index in [2.05, 4.69) is 10.3 Å². The SMILES string of the molecule is CC(C)(C)OC(=O)NCCCC(=O)c1cc(F)cnc1Cl. The number of amides is 1. The van der Waals surface area contributed by atoms with Crippen LogP contribution in [0.3, 0.4) is 0 Å². The zero-order valence-corrected chi connectivity index (χ0v) is 13.0. The average Bonchev–Trinajstić information content (AvgIpc) is 2.35. The summed E-state index contributed by atoms with van der Waals surface area (Å²) in [4.78, 5) is 26.8. The number of pyridine rings is 1. The van der Waals surface area contributed by atoms with Gasteiger partial charge in [0.2, 0.25) is 0 Å². The largest absolute Gasteiger partial charge is 0.444 e. The first-order valence-corrected chi connectivity index (χ1v) is 6.88. The number of ether oxygens (including phenoxy) is 1. The summed E-state index contributed by atoms with van der Waals surface area (Å²) < 4.78 is 18.1. The Morgan fingerprint density at radius 2 is 2.10 bits per heavy atom. The topological polar surface area (TPSA) is 68.3 Å².